The Labute approximate surface area is 81.8 Å². The molecule has 78 valence electrons. The Bertz CT molecular complexity index is 145. The highest BCUT2D eigenvalue weighted by molar-refractivity contribution is 4.75. The quantitative estimate of drug-likeness (QED) is 0.688. The average molecular weight is 185 g/mol. The number of nitrogens with one attached hydrogen (secondary N) is 2. The predicted molar refractivity (Wildman–Crippen MR) is 56.2 cm³/mol. The fourth-order valence-corrected chi connectivity index (χ4v) is 1.97. The Morgan fingerprint density at radius 2 is 2.08 bits per heavy atom. The summed E-state index contributed by atoms with van der Waals surface area (Å²) in [5.74, 6) is 1.64. The van der Waals surface area contributed by atoms with Crippen LogP contribution in [0.25, 0.3) is 0 Å². The van der Waals surface area contributed by atoms with Gasteiger partial charge in [0.2, 0.25) is 0 Å². The number of hydrogen-bond donors (Lipinski definition) is 2. The van der Waals surface area contributed by atoms with Gasteiger partial charge in [0.05, 0.1) is 6.17 Å². The van der Waals surface area contributed by atoms with E-state index in [2.05, 4.69) is 43.7 Å². The summed E-state index contributed by atoms with van der Waals surface area (Å²) < 4.78 is 0. The van der Waals surface area contributed by atoms with Crippen LogP contribution >= 0.6 is 0 Å². The largest absolute Gasteiger partial charge is 0.293 e. The molecule has 0 amide bonds. The van der Waals surface area contributed by atoms with Crippen molar-refractivity contribution in [2.75, 3.05) is 20.6 Å². The Morgan fingerprint density at radius 1 is 1.38 bits per heavy atom. The second kappa shape index (κ2) is 4.94. The molecule has 1 heterocycles. The van der Waals surface area contributed by atoms with E-state index in [9.17, 15) is 0 Å². The maximum absolute atomic E-state index is 3.30. The number of nitrogens with zero attached hydrogens (tertiary/aromatic N) is 1. The number of hydrogen-bond acceptors (Lipinski definition) is 3. The highest BCUT2D eigenvalue weighted by Crippen LogP contribution is 2.19. The molecule has 3 heteroatoms. The van der Waals surface area contributed by atoms with Crippen LogP contribution in [0.15, 0.2) is 0 Å². The minimum Gasteiger partial charge on any atom is -0.293 e. The maximum Gasteiger partial charge on any atom is 0.0727 e. The van der Waals surface area contributed by atoms with Crippen LogP contribution < -0.4 is 10.9 Å². The van der Waals surface area contributed by atoms with Crippen molar-refractivity contribution in [3.8, 4) is 0 Å². The molecule has 0 bridgehead atoms. The molecule has 1 fully saturated rings. The minimum atomic E-state index is 0.498. The van der Waals surface area contributed by atoms with Gasteiger partial charge in [0.15, 0.2) is 0 Å². The van der Waals surface area contributed by atoms with E-state index in [1.165, 1.54) is 12.8 Å². The van der Waals surface area contributed by atoms with Gasteiger partial charge in [0.1, 0.15) is 0 Å². The van der Waals surface area contributed by atoms with Gasteiger partial charge < -0.3 is 0 Å². The highest BCUT2D eigenvalue weighted by atomic mass is 15.5. The zero-order chi connectivity index (χ0) is 9.84. The van der Waals surface area contributed by atoms with Crippen molar-refractivity contribution in [3.63, 3.8) is 0 Å². The van der Waals surface area contributed by atoms with Crippen LogP contribution in [0.1, 0.15) is 26.7 Å². The van der Waals surface area contributed by atoms with Crippen molar-refractivity contribution in [1.82, 2.24) is 15.8 Å². The van der Waals surface area contributed by atoms with Gasteiger partial charge >= 0.3 is 0 Å². The summed E-state index contributed by atoms with van der Waals surface area (Å²) in [5, 5.41) is 0. The minimum absolute atomic E-state index is 0.498. The molecule has 1 rings (SSSR count). The van der Waals surface area contributed by atoms with Crippen molar-refractivity contribution in [1.29, 1.82) is 0 Å². The molecule has 2 unspecified atom stereocenters. The smallest absolute Gasteiger partial charge is 0.0727 e. The first-order valence-corrected chi connectivity index (χ1v) is 5.24. The van der Waals surface area contributed by atoms with E-state index in [1.807, 2.05) is 0 Å². The zero-order valence-electron chi connectivity index (χ0n) is 9.30. The summed E-state index contributed by atoms with van der Waals surface area (Å²) in [6, 6.07) is 0. The first kappa shape index (κ1) is 11.0. The van der Waals surface area contributed by atoms with Gasteiger partial charge in [-0.25, -0.2) is 5.43 Å². The lowest BCUT2D eigenvalue weighted by atomic mass is 9.92. The molecule has 0 aromatic rings. The average Bonchev–Trinajstić information content (AvgIpc) is 2.03. The van der Waals surface area contributed by atoms with E-state index in [0.717, 1.165) is 18.4 Å². The lowest BCUT2D eigenvalue weighted by Crippen LogP contribution is -2.55. The molecule has 1 aliphatic rings. The molecule has 2 atom stereocenters. The van der Waals surface area contributed by atoms with Crippen molar-refractivity contribution in [2.45, 2.75) is 32.9 Å². The molecule has 3 nitrogen and oxygen atoms in total. The van der Waals surface area contributed by atoms with Crippen LogP contribution in [0.5, 0.6) is 0 Å². The van der Waals surface area contributed by atoms with E-state index in [1.54, 1.807) is 0 Å². The summed E-state index contributed by atoms with van der Waals surface area (Å²) in [7, 11) is 4.24. The van der Waals surface area contributed by atoms with Crippen molar-refractivity contribution < 1.29 is 0 Å². The van der Waals surface area contributed by atoms with E-state index >= 15 is 0 Å². The second-order valence-electron chi connectivity index (χ2n) is 4.74. The van der Waals surface area contributed by atoms with E-state index in [-0.39, 0.29) is 0 Å². The summed E-state index contributed by atoms with van der Waals surface area (Å²) in [6.07, 6.45) is 3.09. The van der Waals surface area contributed by atoms with E-state index < -0.39 is 0 Å². The van der Waals surface area contributed by atoms with Crippen LogP contribution in [-0.4, -0.2) is 31.7 Å². The van der Waals surface area contributed by atoms with Gasteiger partial charge in [-0.05, 0) is 38.8 Å². The standard InChI is InChI=1S/C10H23N3/c1-8(2)5-9-6-10(13(3)4)12-11-7-9/h8-12H,5-7H2,1-4H3. The van der Waals surface area contributed by atoms with Crippen molar-refractivity contribution >= 4 is 0 Å². The molecule has 2 N–H and O–H groups in total. The molecule has 13 heavy (non-hydrogen) atoms. The third-order valence-corrected chi connectivity index (χ3v) is 2.64. The fourth-order valence-electron chi connectivity index (χ4n) is 1.97. The molecule has 0 radical (unpaired) electrons. The molecular weight excluding hydrogens is 162 g/mol. The van der Waals surface area contributed by atoms with Gasteiger partial charge in [-0.1, -0.05) is 13.8 Å². The summed E-state index contributed by atoms with van der Waals surface area (Å²) in [6.45, 7) is 5.71. The van der Waals surface area contributed by atoms with Gasteiger partial charge in [-0.15, -0.1) is 0 Å². The molecule has 0 aromatic heterocycles. The Balaban J connectivity index is 2.33. The van der Waals surface area contributed by atoms with Gasteiger partial charge in [-0.2, -0.15) is 0 Å². The molecular formula is C10H23N3. The Kier molecular flexibility index (Phi) is 4.16. The normalized spacial score (nSPS) is 30.0. The molecule has 0 spiro atoms. The van der Waals surface area contributed by atoms with Gasteiger partial charge in [0, 0.05) is 6.54 Å². The molecule has 0 aromatic carbocycles. The van der Waals surface area contributed by atoms with Crippen LogP contribution in [0.4, 0.5) is 0 Å². The molecule has 1 aliphatic heterocycles. The highest BCUT2D eigenvalue weighted by Gasteiger charge is 2.22. The Morgan fingerprint density at radius 3 is 2.62 bits per heavy atom. The topological polar surface area (TPSA) is 27.3 Å². The summed E-state index contributed by atoms with van der Waals surface area (Å²) >= 11 is 0. The maximum atomic E-state index is 3.30. The summed E-state index contributed by atoms with van der Waals surface area (Å²) in [5.41, 5.74) is 6.58. The van der Waals surface area contributed by atoms with Gasteiger partial charge in [-0.3, -0.25) is 10.3 Å². The van der Waals surface area contributed by atoms with Crippen molar-refractivity contribution in [2.24, 2.45) is 11.8 Å². The fraction of sp³-hybridized carbons (Fsp3) is 1.00. The first-order valence-electron chi connectivity index (χ1n) is 5.24. The van der Waals surface area contributed by atoms with Crippen LogP contribution in [0.2, 0.25) is 0 Å². The Hall–Kier alpha value is -0.120. The third-order valence-electron chi connectivity index (χ3n) is 2.64. The van der Waals surface area contributed by atoms with Gasteiger partial charge in [0.25, 0.3) is 0 Å². The SMILES string of the molecule is CC(C)CC1CNNC(N(C)C)C1. The van der Waals surface area contributed by atoms with E-state index in [0.29, 0.717) is 6.17 Å². The number of hydrazine groups is 1. The monoisotopic (exact) mass is 185 g/mol. The second-order valence-corrected chi connectivity index (χ2v) is 4.74. The van der Waals surface area contributed by atoms with Crippen LogP contribution in [0, 0.1) is 11.8 Å². The van der Waals surface area contributed by atoms with Crippen molar-refractivity contribution in [3.05, 3.63) is 0 Å². The predicted octanol–water partition coefficient (Wildman–Crippen LogP) is 1.03. The molecule has 0 saturated carbocycles. The first-order chi connectivity index (χ1) is 6.09. The van der Waals surface area contributed by atoms with Crippen LogP contribution in [-0.2, 0) is 0 Å². The lowest BCUT2D eigenvalue weighted by molar-refractivity contribution is 0.131. The lowest BCUT2D eigenvalue weighted by Gasteiger charge is -2.35. The third kappa shape index (κ3) is 3.63. The number of rotatable bonds is 3. The summed E-state index contributed by atoms with van der Waals surface area (Å²) in [4.78, 5) is 2.24. The molecule has 1 saturated heterocycles. The van der Waals surface area contributed by atoms with Crippen LogP contribution in [0.3, 0.4) is 0 Å². The van der Waals surface area contributed by atoms with E-state index in [4.69, 9.17) is 0 Å². The zero-order valence-corrected chi connectivity index (χ0v) is 9.30. The molecule has 0 aliphatic carbocycles.